The van der Waals surface area contributed by atoms with Gasteiger partial charge in [0, 0.05) is 34.3 Å². The number of carbonyl (C=O) groups is 2. The highest BCUT2D eigenvalue weighted by Crippen LogP contribution is 2.34. The summed E-state index contributed by atoms with van der Waals surface area (Å²) in [5, 5.41) is 3.51. The van der Waals surface area contributed by atoms with Gasteiger partial charge in [-0.25, -0.2) is 8.42 Å². The third kappa shape index (κ3) is 7.67. The van der Waals surface area contributed by atoms with E-state index >= 15 is 0 Å². The average molecular weight is 637 g/mol. The predicted octanol–water partition coefficient (Wildman–Crippen LogP) is 5.54. The summed E-state index contributed by atoms with van der Waals surface area (Å²) in [4.78, 5) is 28.6. The summed E-state index contributed by atoms with van der Waals surface area (Å²) in [6.45, 7) is 4.60. The molecular weight excluding hydrogens is 601 g/mol. The lowest BCUT2D eigenvalue weighted by atomic mass is 10.1. The van der Waals surface area contributed by atoms with Crippen LogP contribution in [0.4, 0.5) is 5.69 Å². The molecule has 0 unspecified atom stereocenters. The molecule has 12 heteroatoms. The Labute approximate surface area is 257 Å². The summed E-state index contributed by atoms with van der Waals surface area (Å²) in [5.74, 6) is -0.386. The Balaban J connectivity index is 2.11. The minimum Gasteiger partial charge on any atom is -0.493 e. The molecule has 0 saturated heterocycles. The van der Waals surface area contributed by atoms with E-state index < -0.39 is 34.4 Å². The third-order valence-corrected chi connectivity index (χ3v) is 9.32. The van der Waals surface area contributed by atoms with Gasteiger partial charge in [0.25, 0.3) is 10.0 Å². The molecule has 2 amide bonds. The van der Waals surface area contributed by atoms with Crippen LogP contribution in [0.5, 0.6) is 11.5 Å². The van der Waals surface area contributed by atoms with Crippen LogP contribution in [0.3, 0.4) is 0 Å². The molecule has 0 aliphatic heterocycles. The van der Waals surface area contributed by atoms with Crippen molar-refractivity contribution in [3.05, 3.63) is 82.3 Å². The van der Waals surface area contributed by atoms with Gasteiger partial charge in [-0.05, 0) is 56.7 Å². The van der Waals surface area contributed by atoms with Crippen molar-refractivity contribution in [1.82, 2.24) is 10.2 Å². The van der Waals surface area contributed by atoms with E-state index in [9.17, 15) is 18.0 Å². The number of hydrogen-bond acceptors (Lipinski definition) is 6. The van der Waals surface area contributed by atoms with Crippen molar-refractivity contribution >= 4 is 50.7 Å². The minimum atomic E-state index is -4.25. The highest BCUT2D eigenvalue weighted by atomic mass is 35.5. The lowest BCUT2D eigenvalue weighted by Gasteiger charge is -2.33. The summed E-state index contributed by atoms with van der Waals surface area (Å²) in [7, 11) is -1.36. The second kappa shape index (κ2) is 14.6. The van der Waals surface area contributed by atoms with E-state index in [-0.39, 0.29) is 28.9 Å². The quantitative estimate of drug-likeness (QED) is 0.264. The molecule has 2 atom stereocenters. The van der Waals surface area contributed by atoms with Crippen molar-refractivity contribution in [2.24, 2.45) is 0 Å². The van der Waals surface area contributed by atoms with Gasteiger partial charge in [0.1, 0.15) is 12.6 Å². The van der Waals surface area contributed by atoms with Crippen LogP contribution >= 0.6 is 23.2 Å². The normalized spacial score (nSPS) is 12.6. The number of nitrogens with one attached hydrogen (secondary N) is 1. The molecule has 0 spiro atoms. The van der Waals surface area contributed by atoms with Crippen LogP contribution in [0.25, 0.3) is 0 Å². The van der Waals surface area contributed by atoms with E-state index in [0.29, 0.717) is 27.8 Å². The predicted molar refractivity (Wildman–Crippen MR) is 165 cm³/mol. The van der Waals surface area contributed by atoms with Crippen LogP contribution < -0.4 is 19.1 Å². The molecule has 3 rings (SSSR count). The van der Waals surface area contributed by atoms with Gasteiger partial charge in [-0.3, -0.25) is 13.9 Å². The van der Waals surface area contributed by atoms with Gasteiger partial charge in [-0.15, -0.1) is 0 Å². The number of rotatable bonds is 13. The van der Waals surface area contributed by atoms with Gasteiger partial charge < -0.3 is 19.7 Å². The van der Waals surface area contributed by atoms with Crippen LogP contribution in [0.1, 0.15) is 32.8 Å². The molecule has 0 radical (unpaired) electrons. The van der Waals surface area contributed by atoms with E-state index in [2.05, 4.69) is 5.32 Å². The largest absolute Gasteiger partial charge is 0.493 e. The summed E-state index contributed by atoms with van der Waals surface area (Å²) in [5.41, 5.74) is 0.596. The van der Waals surface area contributed by atoms with E-state index in [1.54, 1.807) is 49.4 Å². The molecule has 3 aromatic carbocycles. The summed E-state index contributed by atoms with van der Waals surface area (Å²) >= 11 is 12.9. The van der Waals surface area contributed by atoms with Crippen LogP contribution in [0.2, 0.25) is 10.0 Å². The fourth-order valence-corrected chi connectivity index (χ4v) is 6.07. The maximum absolute atomic E-state index is 14.1. The number of methoxy groups -OCH3 is 2. The summed E-state index contributed by atoms with van der Waals surface area (Å²) in [6.07, 6.45) is 0.686. The monoisotopic (exact) mass is 635 g/mol. The van der Waals surface area contributed by atoms with Gasteiger partial charge >= 0.3 is 0 Å². The highest BCUT2D eigenvalue weighted by molar-refractivity contribution is 7.92. The lowest BCUT2D eigenvalue weighted by Crippen LogP contribution is -2.52. The molecule has 0 fully saturated rings. The zero-order valence-electron chi connectivity index (χ0n) is 24.1. The Hall–Kier alpha value is -3.47. The molecule has 0 bridgehead atoms. The Morgan fingerprint density at radius 2 is 1.52 bits per heavy atom. The molecule has 0 heterocycles. The maximum Gasteiger partial charge on any atom is 0.264 e. The first kappa shape index (κ1) is 33.0. The Bertz CT molecular complexity index is 1480. The number of nitrogens with zero attached hydrogens (tertiary/aromatic N) is 2. The highest BCUT2D eigenvalue weighted by Gasteiger charge is 2.33. The first-order chi connectivity index (χ1) is 19.9. The number of hydrogen-bond donors (Lipinski definition) is 1. The number of anilines is 1. The zero-order chi connectivity index (χ0) is 31.0. The number of amides is 2. The fourth-order valence-electron chi connectivity index (χ4n) is 4.13. The van der Waals surface area contributed by atoms with Crippen LogP contribution in [-0.2, 0) is 26.2 Å². The Morgan fingerprint density at radius 1 is 0.905 bits per heavy atom. The van der Waals surface area contributed by atoms with Crippen molar-refractivity contribution < 1.29 is 27.5 Å². The third-order valence-electron chi connectivity index (χ3n) is 6.82. The van der Waals surface area contributed by atoms with Gasteiger partial charge in [-0.2, -0.15) is 0 Å². The van der Waals surface area contributed by atoms with Crippen LogP contribution in [-0.4, -0.2) is 58.0 Å². The minimum absolute atomic E-state index is 0.0177. The van der Waals surface area contributed by atoms with Crippen molar-refractivity contribution in [3.63, 3.8) is 0 Å². The van der Waals surface area contributed by atoms with E-state index in [4.69, 9.17) is 32.7 Å². The van der Waals surface area contributed by atoms with Crippen molar-refractivity contribution in [1.29, 1.82) is 0 Å². The van der Waals surface area contributed by atoms with Crippen LogP contribution in [0, 0.1) is 0 Å². The van der Waals surface area contributed by atoms with Gasteiger partial charge in [0.15, 0.2) is 11.5 Å². The molecule has 226 valence electrons. The summed E-state index contributed by atoms with van der Waals surface area (Å²) in [6, 6.07) is 16.1. The van der Waals surface area contributed by atoms with Crippen molar-refractivity contribution in [2.75, 3.05) is 25.1 Å². The molecule has 1 N–H and O–H groups in total. The number of ether oxygens (including phenoxy) is 2. The molecule has 42 heavy (non-hydrogen) atoms. The molecule has 0 aliphatic carbocycles. The first-order valence-corrected chi connectivity index (χ1v) is 15.5. The van der Waals surface area contributed by atoms with Gasteiger partial charge in [-0.1, -0.05) is 54.4 Å². The smallest absolute Gasteiger partial charge is 0.264 e. The second-order valence-corrected chi connectivity index (χ2v) is 12.3. The Kier molecular flexibility index (Phi) is 11.5. The number of halogens is 2. The molecule has 0 aromatic heterocycles. The summed E-state index contributed by atoms with van der Waals surface area (Å²) < 4.78 is 39.6. The van der Waals surface area contributed by atoms with Gasteiger partial charge in [0.05, 0.1) is 24.8 Å². The van der Waals surface area contributed by atoms with Crippen LogP contribution in [0.15, 0.2) is 71.6 Å². The van der Waals surface area contributed by atoms with E-state index in [1.807, 2.05) is 13.8 Å². The van der Waals surface area contributed by atoms with E-state index in [0.717, 1.165) is 4.31 Å². The van der Waals surface area contributed by atoms with Crippen molar-refractivity contribution in [2.45, 2.75) is 50.7 Å². The average Bonchev–Trinajstić information content (AvgIpc) is 2.99. The molecule has 3 aromatic rings. The molecule has 0 saturated carbocycles. The van der Waals surface area contributed by atoms with Gasteiger partial charge in [0.2, 0.25) is 11.8 Å². The topological polar surface area (TPSA) is 105 Å². The fraction of sp³-hybridized carbons (Fsp3) is 0.333. The SMILES string of the molecule is CC[C@@H](C)NC(=O)[C@H](C)N(Cc1c(Cl)cccc1Cl)C(=O)CN(c1ccc(OC)c(OC)c1)S(=O)(=O)c1ccccc1. The first-order valence-electron chi connectivity index (χ1n) is 13.3. The standard InChI is InChI=1S/C30H35Cl2N3O6S/c1-6-20(2)33-30(37)21(3)34(18-24-25(31)13-10-14-26(24)32)29(36)19-35(42(38,39)23-11-8-7-9-12-23)22-15-16-27(40-4)28(17-22)41-5/h7-17,20-21H,6,18-19H2,1-5H3,(H,33,37)/t20-,21+/m1/s1. The number of benzene rings is 3. The maximum atomic E-state index is 14.1. The second-order valence-electron chi connectivity index (χ2n) is 9.58. The molecular formula is C30H35Cl2N3O6S. The molecule has 9 nitrogen and oxygen atoms in total. The lowest BCUT2D eigenvalue weighted by molar-refractivity contribution is -0.139. The molecule has 0 aliphatic rings. The number of sulfonamides is 1. The zero-order valence-corrected chi connectivity index (χ0v) is 26.5. The Morgan fingerprint density at radius 3 is 2.10 bits per heavy atom. The number of carbonyl (C=O) groups excluding carboxylic acids is 2. The van der Waals surface area contributed by atoms with Crippen molar-refractivity contribution in [3.8, 4) is 11.5 Å². The van der Waals surface area contributed by atoms with E-state index in [1.165, 1.54) is 43.4 Å².